The molecule has 0 saturated heterocycles. The molecule has 4 aromatic carbocycles. The van der Waals surface area contributed by atoms with E-state index in [9.17, 15) is 28.8 Å². The van der Waals surface area contributed by atoms with Gasteiger partial charge in [-0.1, -0.05) is 195 Å². The molecule has 0 spiro atoms. The Labute approximate surface area is 452 Å². The maximum absolute atomic E-state index is 11.2. The van der Waals surface area contributed by atoms with Crippen LogP contribution in [0.2, 0.25) is 0 Å². The number of benzene rings is 4. The van der Waals surface area contributed by atoms with Gasteiger partial charge in [-0.15, -0.1) is 0 Å². The molecule has 14 heteroatoms. The maximum Gasteiger partial charge on any atom is 0.327 e. The highest BCUT2D eigenvalue weighted by atomic mass is 16.4. The molecule has 0 bridgehead atoms. The Hall–Kier alpha value is -6.90. The summed E-state index contributed by atoms with van der Waals surface area (Å²) in [5.74, 6) is -1.81. The lowest BCUT2D eigenvalue weighted by atomic mass is 9.84. The number of carboxylic acids is 2. The Bertz CT molecular complexity index is 2080. The number of aliphatic carboxylic acids is 2. The minimum atomic E-state index is -0.873. The first-order chi connectivity index (χ1) is 33.5. The normalized spacial score (nSPS) is 11.7. The van der Waals surface area contributed by atoms with E-state index in [0.29, 0.717) is 12.8 Å². The molecule has 4 amide bonds. The first-order valence-electron chi connectivity index (χ1n) is 24.7. The van der Waals surface area contributed by atoms with E-state index in [1.165, 1.54) is 45.0 Å². The predicted octanol–water partition coefficient (Wildman–Crippen LogP) is 13.4. The van der Waals surface area contributed by atoms with Crippen LogP contribution >= 0.6 is 0 Å². The molecule has 0 aliphatic rings. The lowest BCUT2D eigenvalue weighted by Crippen LogP contribution is -2.26. The number of hydrogen-bond acceptors (Lipinski definition) is 8. The molecule has 0 heterocycles. The van der Waals surface area contributed by atoms with Crippen molar-refractivity contribution in [3.8, 4) is 0 Å². The number of carbonyl (C=O) groups excluding carboxylic acids is 4. The van der Waals surface area contributed by atoms with E-state index in [-0.39, 0.29) is 86.8 Å². The fourth-order valence-corrected chi connectivity index (χ4v) is 7.39. The summed E-state index contributed by atoms with van der Waals surface area (Å²) in [6, 6.07) is 32.9. The summed E-state index contributed by atoms with van der Waals surface area (Å²) in [6.07, 6.45) is 12.3. The molecule has 16 N–H and O–H groups in total. The van der Waals surface area contributed by atoms with E-state index in [4.69, 9.17) is 33.1 Å². The molecule has 0 unspecified atom stereocenters. The molecule has 0 aliphatic carbocycles. The minimum absolute atomic E-state index is 0. The van der Waals surface area contributed by atoms with Crippen LogP contribution in [0.3, 0.4) is 0 Å². The van der Waals surface area contributed by atoms with Gasteiger partial charge in [0.15, 0.2) is 0 Å². The molecule has 75 heavy (non-hydrogen) atoms. The zero-order valence-electron chi connectivity index (χ0n) is 45.9. The van der Waals surface area contributed by atoms with Crippen LogP contribution in [0.25, 0.3) is 0 Å². The van der Waals surface area contributed by atoms with Crippen molar-refractivity contribution in [1.82, 2.24) is 12.3 Å². The highest BCUT2D eigenvalue weighted by Crippen LogP contribution is 2.29. The molecule has 0 saturated carbocycles. The summed E-state index contributed by atoms with van der Waals surface area (Å²) in [5, 5.41) is 16.7. The largest absolute Gasteiger partial charge is 0.481 e. The van der Waals surface area contributed by atoms with Gasteiger partial charge in [0.25, 0.3) is 0 Å². The van der Waals surface area contributed by atoms with Crippen molar-refractivity contribution in [2.24, 2.45) is 28.9 Å². The first-order valence-corrected chi connectivity index (χ1v) is 24.7. The molecular formula is C61H100N6O8. The average Bonchev–Trinajstić information content (AvgIpc) is 3.31. The second-order valence-electron chi connectivity index (χ2n) is 17.5. The van der Waals surface area contributed by atoms with Crippen molar-refractivity contribution in [2.45, 2.75) is 172 Å². The van der Waals surface area contributed by atoms with E-state index in [1.807, 2.05) is 71.0 Å². The molecule has 4 aromatic rings. The van der Waals surface area contributed by atoms with E-state index < -0.39 is 11.9 Å². The highest BCUT2D eigenvalue weighted by Gasteiger charge is 2.22. The van der Waals surface area contributed by atoms with Crippen molar-refractivity contribution in [1.29, 1.82) is 0 Å². The van der Waals surface area contributed by atoms with Gasteiger partial charge in [-0.05, 0) is 118 Å². The number of aryl methyl sites for hydroxylation is 4. The number of hydrogen-bond donors (Lipinski definition) is 8. The van der Waals surface area contributed by atoms with E-state index in [2.05, 4.69) is 102 Å². The lowest BCUT2D eigenvalue weighted by molar-refractivity contribution is -0.137. The monoisotopic (exact) mass is 1040 g/mol. The zero-order chi connectivity index (χ0) is 54.5. The number of nitrogens with two attached hydrogens (primary N) is 4. The Morgan fingerprint density at radius 1 is 0.480 bits per heavy atom. The van der Waals surface area contributed by atoms with Crippen LogP contribution in [0.15, 0.2) is 121 Å². The molecule has 4 rings (SSSR count). The summed E-state index contributed by atoms with van der Waals surface area (Å²) in [5.41, 5.74) is 30.2. The SMILES string of the molecule is C.C.CC/C=C/C(=O)O.CC/C=C/C(N)=O.CC[C@@H](c1cccc(C)c1)[C@@H](C)C(N)=O.CC[C@H](CC(=O)O)c1cccc(C)c1.CC[C@H](CC(N)=O)c1cccc(C)c1.CC[C@H](CC(N)=O)c1cccc(C)c1.N.N. The van der Waals surface area contributed by atoms with E-state index in [0.717, 1.165) is 50.2 Å². The third-order valence-electron chi connectivity index (χ3n) is 11.3. The number of primary amides is 4. The van der Waals surface area contributed by atoms with Gasteiger partial charge in [-0.2, -0.15) is 0 Å². The van der Waals surface area contributed by atoms with Crippen LogP contribution in [0.5, 0.6) is 0 Å². The van der Waals surface area contributed by atoms with Crippen LogP contribution in [-0.4, -0.2) is 45.8 Å². The smallest absolute Gasteiger partial charge is 0.327 e. The summed E-state index contributed by atoms with van der Waals surface area (Å²) in [7, 11) is 0. The topological polar surface area (TPSA) is 317 Å². The van der Waals surface area contributed by atoms with E-state index in [1.54, 1.807) is 12.2 Å². The van der Waals surface area contributed by atoms with Crippen molar-refractivity contribution in [3.05, 3.63) is 166 Å². The molecule has 14 nitrogen and oxygen atoms in total. The van der Waals surface area contributed by atoms with Gasteiger partial charge in [0, 0.05) is 24.8 Å². The molecule has 0 aromatic heterocycles. The van der Waals surface area contributed by atoms with E-state index >= 15 is 0 Å². The van der Waals surface area contributed by atoms with Crippen molar-refractivity contribution in [2.75, 3.05) is 0 Å². The number of carbonyl (C=O) groups is 6. The third-order valence-corrected chi connectivity index (χ3v) is 11.3. The average molecular weight is 1050 g/mol. The zero-order valence-corrected chi connectivity index (χ0v) is 45.9. The summed E-state index contributed by atoms with van der Waals surface area (Å²) in [4.78, 5) is 63.1. The number of amides is 4. The van der Waals surface area contributed by atoms with Gasteiger partial charge in [0.2, 0.25) is 23.6 Å². The second-order valence-corrected chi connectivity index (χ2v) is 17.5. The van der Waals surface area contributed by atoms with Gasteiger partial charge < -0.3 is 45.4 Å². The molecule has 422 valence electrons. The predicted molar refractivity (Wildman–Crippen MR) is 314 cm³/mol. The minimum Gasteiger partial charge on any atom is -0.481 e. The van der Waals surface area contributed by atoms with Crippen molar-refractivity contribution >= 4 is 35.6 Å². The van der Waals surface area contributed by atoms with Gasteiger partial charge in [-0.3, -0.25) is 24.0 Å². The first kappa shape index (κ1) is 79.5. The van der Waals surface area contributed by atoms with Gasteiger partial charge >= 0.3 is 11.9 Å². The molecule has 5 atom stereocenters. The standard InChI is InChI=1S/C13H19NO.2C12H17NO.C12H16O2.C5H9NO.C5H8O2.2CH4.2H3N/c1-4-12(10(3)13(14)15)11-7-5-6-9(2)8-11;3*1-3-10(8-12(13)14)11-6-4-5-9(2)7-11;2*1-2-3-4-5(6)7;;;;/h5-8,10,12H,4H2,1-3H3,(H2,14,15);2*4-7,10H,3,8H2,1-2H3,(H2,13,14);4-7,10H,3,8H2,1-2H3,(H,13,14);3-4H,2H2,1H3,(H2,6,7);3-4H,2H2,1H3,(H,6,7);2*1H4;2*1H3/b;;;;2*4-3+;;;;/t10-,12-;3*10-;;;;;;/m1111....../s1. The lowest BCUT2D eigenvalue weighted by Gasteiger charge is -2.20. The fourth-order valence-electron chi connectivity index (χ4n) is 7.39. The van der Waals surface area contributed by atoms with Crippen LogP contribution in [0.4, 0.5) is 0 Å². The van der Waals surface area contributed by atoms with Gasteiger partial charge in [0.1, 0.15) is 0 Å². The second kappa shape index (κ2) is 46.9. The highest BCUT2D eigenvalue weighted by molar-refractivity contribution is 5.85. The summed E-state index contributed by atoms with van der Waals surface area (Å²) < 4.78 is 0. The fraction of sp³-hybridized carbons (Fsp3) is 0.443. The Morgan fingerprint density at radius 2 is 0.787 bits per heavy atom. The van der Waals surface area contributed by atoms with Gasteiger partial charge in [-0.25, -0.2) is 4.79 Å². The molecule has 0 aliphatic heterocycles. The third kappa shape index (κ3) is 39.3. The van der Waals surface area contributed by atoms with Crippen LogP contribution < -0.4 is 35.2 Å². The molecular weight excluding hydrogens is 945 g/mol. The van der Waals surface area contributed by atoms with Crippen molar-refractivity contribution < 1.29 is 39.0 Å². The van der Waals surface area contributed by atoms with Crippen LogP contribution in [-0.2, 0) is 28.8 Å². The van der Waals surface area contributed by atoms with Crippen molar-refractivity contribution in [3.63, 3.8) is 0 Å². The molecule has 0 radical (unpaired) electrons. The number of rotatable bonds is 20. The Morgan fingerprint density at radius 3 is 1.00 bits per heavy atom. The Balaban J connectivity index is -0.000000192. The van der Waals surface area contributed by atoms with Crippen LogP contribution in [0.1, 0.15) is 189 Å². The van der Waals surface area contributed by atoms with Crippen LogP contribution in [0, 0.1) is 33.6 Å². The summed E-state index contributed by atoms with van der Waals surface area (Å²) in [6.45, 7) is 22.2. The Kier molecular flexibility index (Phi) is 49.7. The number of carboxylic acid groups (broad SMARTS) is 2. The number of allylic oxidation sites excluding steroid dienone is 2. The maximum atomic E-state index is 11.2. The summed E-state index contributed by atoms with van der Waals surface area (Å²) >= 11 is 0. The quantitative estimate of drug-likeness (QED) is 0.0387. The molecule has 0 fully saturated rings. The van der Waals surface area contributed by atoms with Gasteiger partial charge in [0.05, 0.1) is 6.42 Å².